The smallest absolute Gasteiger partial charge is 0.312 e. The number of fused-ring (bicyclic) bond motifs is 2. The first-order chi connectivity index (χ1) is 14.8. The Kier molecular flexibility index (Phi) is 5.93. The predicted molar refractivity (Wildman–Crippen MR) is 124 cm³/mol. The first-order valence-electron chi connectivity index (χ1n) is 11.2. The Morgan fingerprint density at radius 2 is 1.90 bits per heavy atom. The minimum absolute atomic E-state index is 0.153. The van der Waals surface area contributed by atoms with E-state index < -0.39 is 5.41 Å². The minimum Gasteiger partial charge on any atom is -0.469 e. The number of aromatic nitrogens is 1. The van der Waals surface area contributed by atoms with E-state index in [9.17, 15) is 4.79 Å². The number of nitrogens with zero attached hydrogens (tertiary/aromatic N) is 4. The van der Waals surface area contributed by atoms with Crippen molar-refractivity contribution in [1.82, 2.24) is 14.4 Å². The molecular weight excluding hydrogens is 388 g/mol. The molecular formula is C25H34N4O2. The molecule has 3 heterocycles. The van der Waals surface area contributed by atoms with Crippen LogP contribution in [0.25, 0.3) is 0 Å². The summed E-state index contributed by atoms with van der Waals surface area (Å²) in [5.74, 6) is 0.911. The minimum atomic E-state index is -0.502. The highest BCUT2D eigenvalue weighted by Crippen LogP contribution is 2.29. The van der Waals surface area contributed by atoms with Crippen LogP contribution in [0.2, 0.25) is 0 Å². The van der Waals surface area contributed by atoms with Gasteiger partial charge in [0.25, 0.3) is 0 Å². The Hall–Kier alpha value is -2.60. The van der Waals surface area contributed by atoms with Gasteiger partial charge in [0.1, 0.15) is 0 Å². The molecule has 1 aromatic carbocycles. The van der Waals surface area contributed by atoms with Crippen LogP contribution in [0.15, 0.2) is 35.5 Å². The third-order valence-electron chi connectivity index (χ3n) is 6.42. The number of carbonyl (C=O) groups excluding carboxylic acids is 1. The number of piperazine rings is 1. The van der Waals surface area contributed by atoms with Crippen molar-refractivity contribution in [1.29, 1.82) is 0 Å². The van der Waals surface area contributed by atoms with Gasteiger partial charge in [0, 0.05) is 45.5 Å². The summed E-state index contributed by atoms with van der Waals surface area (Å²) >= 11 is 0. The fourth-order valence-electron chi connectivity index (χ4n) is 4.64. The summed E-state index contributed by atoms with van der Waals surface area (Å²) in [6, 6.07) is 8.84. The van der Waals surface area contributed by atoms with Gasteiger partial charge in [0.05, 0.1) is 23.9 Å². The molecule has 166 valence electrons. The number of hydrogen-bond donors (Lipinski definition) is 0. The second-order valence-corrected chi connectivity index (χ2v) is 9.42. The van der Waals surface area contributed by atoms with Crippen molar-refractivity contribution in [2.45, 2.75) is 40.7 Å². The fourth-order valence-corrected chi connectivity index (χ4v) is 4.64. The Labute approximate surface area is 185 Å². The lowest BCUT2D eigenvalue weighted by atomic mass is 9.92. The molecule has 1 saturated heterocycles. The van der Waals surface area contributed by atoms with Crippen molar-refractivity contribution in [2.75, 3.05) is 39.8 Å². The van der Waals surface area contributed by atoms with Gasteiger partial charge in [0.15, 0.2) is 5.84 Å². The lowest BCUT2D eigenvalue weighted by Crippen LogP contribution is -2.52. The molecule has 2 aliphatic rings. The van der Waals surface area contributed by atoms with E-state index in [0.29, 0.717) is 6.54 Å². The zero-order valence-electron chi connectivity index (χ0n) is 19.4. The van der Waals surface area contributed by atoms with Gasteiger partial charge < -0.3 is 14.2 Å². The van der Waals surface area contributed by atoms with Gasteiger partial charge in [-0.15, -0.1) is 0 Å². The van der Waals surface area contributed by atoms with E-state index in [1.165, 1.54) is 29.5 Å². The standard InChI is InChI=1S/C25H34N4O2/c1-6-19-14-22-23(26-21-8-7-18(2)13-20(21)16-29(22)15-19)28-11-9-27(10-12-28)17-25(3,4)24(30)31-5/h7-8,13-15H,6,9-12,16-17H2,1-5H3. The highest BCUT2D eigenvalue weighted by molar-refractivity contribution is 6.00. The summed E-state index contributed by atoms with van der Waals surface area (Å²) in [5, 5.41) is 0. The van der Waals surface area contributed by atoms with Gasteiger partial charge in [-0.3, -0.25) is 9.69 Å². The number of amidine groups is 1. The van der Waals surface area contributed by atoms with Crippen LogP contribution < -0.4 is 0 Å². The van der Waals surface area contributed by atoms with Gasteiger partial charge >= 0.3 is 5.97 Å². The van der Waals surface area contributed by atoms with Gasteiger partial charge in [-0.05, 0) is 50.5 Å². The van der Waals surface area contributed by atoms with Gasteiger partial charge in [-0.2, -0.15) is 0 Å². The van der Waals surface area contributed by atoms with E-state index in [4.69, 9.17) is 9.73 Å². The van der Waals surface area contributed by atoms with Gasteiger partial charge in [-0.1, -0.05) is 24.6 Å². The first-order valence-corrected chi connectivity index (χ1v) is 11.2. The normalized spacial score (nSPS) is 16.9. The van der Waals surface area contributed by atoms with E-state index in [2.05, 4.69) is 58.7 Å². The zero-order valence-corrected chi connectivity index (χ0v) is 19.4. The van der Waals surface area contributed by atoms with Crippen molar-refractivity contribution in [3.05, 3.63) is 52.8 Å². The van der Waals surface area contributed by atoms with E-state index >= 15 is 0 Å². The number of carbonyl (C=O) groups is 1. The average molecular weight is 423 g/mol. The molecule has 0 spiro atoms. The summed E-state index contributed by atoms with van der Waals surface area (Å²) in [7, 11) is 1.46. The maximum absolute atomic E-state index is 12.1. The molecule has 2 aliphatic heterocycles. The maximum Gasteiger partial charge on any atom is 0.312 e. The predicted octanol–water partition coefficient (Wildman–Crippen LogP) is 3.62. The summed E-state index contributed by atoms with van der Waals surface area (Å²) < 4.78 is 7.34. The molecule has 6 heteroatoms. The van der Waals surface area contributed by atoms with Crippen LogP contribution in [-0.4, -0.2) is 66.0 Å². The van der Waals surface area contributed by atoms with Crippen molar-refractivity contribution < 1.29 is 9.53 Å². The molecule has 0 atom stereocenters. The molecule has 0 radical (unpaired) electrons. The topological polar surface area (TPSA) is 50.1 Å². The molecule has 0 bridgehead atoms. The molecule has 1 aromatic heterocycles. The van der Waals surface area contributed by atoms with Crippen LogP contribution in [0.3, 0.4) is 0 Å². The van der Waals surface area contributed by atoms with Gasteiger partial charge in [0.2, 0.25) is 0 Å². The van der Waals surface area contributed by atoms with Crippen LogP contribution in [0.5, 0.6) is 0 Å². The number of methoxy groups -OCH3 is 1. The molecule has 0 unspecified atom stereocenters. The molecule has 4 rings (SSSR count). The Morgan fingerprint density at radius 3 is 2.58 bits per heavy atom. The van der Waals surface area contributed by atoms with E-state index in [1.54, 1.807) is 0 Å². The monoisotopic (exact) mass is 422 g/mol. The van der Waals surface area contributed by atoms with Crippen molar-refractivity contribution >= 4 is 17.5 Å². The van der Waals surface area contributed by atoms with E-state index in [0.717, 1.165) is 50.7 Å². The molecule has 1 fully saturated rings. The largest absolute Gasteiger partial charge is 0.469 e. The van der Waals surface area contributed by atoms with Crippen molar-refractivity contribution in [3.8, 4) is 0 Å². The summed E-state index contributed by atoms with van der Waals surface area (Å²) in [6.45, 7) is 13.4. The number of ether oxygens (including phenoxy) is 1. The lowest BCUT2D eigenvalue weighted by molar-refractivity contribution is -0.152. The number of rotatable bonds is 4. The number of esters is 1. The third kappa shape index (κ3) is 4.40. The quantitative estimate of drug-likeness (QED) is 0.707. The van der Waals surface area contributed by atoms with E-state index in [-0.39, 0.29) is 5.97 Å². The Bertz CT molecular complexity index is 997. The summed E-state index contributed by atoms with van der Waals surface area (Å²) in [6.07, 6.45) is 3.29. The molecule has 6 nitrogen and oxygen atoms in total. The number of benzene rings is 1. The summed E-state index contributed by atoms with van der Waals surface area (Å²) in [4.78, 5) is 22.0. The maximum atomic E-state index is 12.1. The highest BCUT2D eigenvalue weighted by atomic mass is 16.5. The highest BCUT2D eigenvalue weighted by Gasteiger charge is 2.33. The van der Waals surface area contributed by atoms with Crippen LogP contribution in [0.1, 0.15) is 43.2 Å². The first kappa shape index (κ1) is 21.6. The number of hydrogen-bond acceptors (Lipinski definition) is 5. The fraction of sp³-hybridized carbons (Fsp3) is 0.520. The van der Waals surface area contributed by atoms with Crippen LogP contribution in [0, 0.1) is 12.3 Å². The Balaban J connectivity index is 1.58. The zero-order chi connectivity index (χ0) is 22.2. The SMILES string of the molecule is CCc1cc2n(c1)Cc1cc(C)ccc1N=C2N1CCN(CC(C)(C)C(=O)OC)CC1. The molecule has 31 heavy (non-hydrogen) atoms. The second kappa shape index (κ2) is 8.50. The molecule has 0 amide bonds. The van der Waals surface area contributed by atoms with Crippen LogP contribution in [0.4, 0.5) is 5.69 Å². The van der Waals surface area contributed by atoms with E-state index in [1.807, 2.05) is 13.8 Å². The van der Waals surface area contributed by atoms with Crippen molar-refractivity contribution in [2.24, 2.45) is 10.4 Å². The lowest BCUT2D eigenvalue weighted by Gasteiger charge is -2.39. The molecule has 0 N–H and O–H groups in total. The van der Waals surface area contributed by atoms with Crippen molar-refractivity contribution in [3.63, 3.8) is 0 Å². The number of aliphatic imine (C=N–C) groups is 1. The molecule has 2 aromatic rings. The Morgan fingerprint density at radius 1 is 1.16 bits per heavy atom. The summed E-state index contributed by atoms with van der Waals surface area (Å²) in [5.41, 5.74) is 5.65. The van der Waals surface area contributed by atoms with Gasteiger partial charge in [-0.25, -0.2) is 4.99 Å². The number of aryl methyl sites for hydroxylation is 2. The molecule has 0 saturated carbocycles. The van der Waals surface area contributed by atoms with Crippen LogP contribution in [-0.2, 0) is 22.5 Å². The van der Waals surface area contributed by atoms with Crippen LogP contribution >= 0.6 is 0 Å². The average Bonchev–Trinajstić information content (AvgIpc) is 3.09. The third-order valence-corrected chi connectivity index (χ3v) is 6.42. The second-order valence-electron chi connectivity index (χ2n) is 9.42. The molecule has 0 aliphatic carbocycles.